The van der Waals surface area contributed by atoms with Crippen LogP contribution >= 0.6 is 0 Å². The van der Waals surface area contributed by atoms with E-state index in [0.29, 0.717) is 6.07 Å². The molecular formula is C22H15F5O2. The Labute approximate surface area is 163 Å². The van der Waals surface area contributed by atoms with Gasteiger partial charge in [-0.15, -0.1) is 6.58 Å². The normalized spacial score (nSPS) is 11.5. The Hall–Kier alpha value is -3.22. The number of aryl methyl sites for hydroxylation is 1. The summed E-state index contributed by atoms with van der Waals surface area (Å²) < 4.78 is 71.6. The molecule has 0 saturated heterocycles. The highest BCUT2D eigenvalue weighted by atomic mass is 19.4. The van der Waals surface area contributed by atoms with Gasteiger partial charge in [-0.1, -0.05) is 18.2 Å². The second-order valence-electron chi connectivity index (χ2n) is 6.34. The summed E-state index contributed by atoms with van der Waals surface area (Å²) in [5, 5.41) is -0.580. The Balaban J connectivity index is 1.85. The molecule has 0 fully saturated rings. The van der Waals surface area contributed by atoms with Crippen LogP contribution in [0.4, 0.5) is 22.0 Å². The SMILES string of the molecule is C=CCCc1ccc(C(=O)Oc2ccc3c(F)c(C(F)(F)F)c(F)cc3c2)cc1. The Morgan fingerprint density at radius 2 is 1.72 bits per heavy atom. The first-order valence-corrected chi connectivity index (χ1v) is 8.61. The second-order valence-corrected chi connectivity index (χ2v) is 6.34. The van der Waals surface area contributed by atoms with Crippen LogP contribution in [0.25, 0.3) is 10.8 Å². The summed E-state index contributed by atoms with van der Waals surface area (Å²) in [4.78, 5) is 12.3. The van der Waals surface area contributed by atoms with Crippen molar-refractivity contribution in [3.8, 4) is 5.75 Å². The monoisotopic (exact) mass is 406 g/mol. The number of halogens is 5. The van der Waals surface area contributed by atoms with Crippen LogP contribution in [0.15, 0.2) is 61.2 Å². The van der Waals surface area contributed by atoms with Crippen molar-refractivity contribution in [2.45, 2.75) is 19.0 Å². The van der Waals surface area contributed by atoms with Gasteiger partial charge in [-0.2, -0.15) is 13.2 Å². The Kier molecular flexibility index (Phi) is 5.68. The molecule has 0 aliphatic heterocycles. The molecule has 3 rings (SSSR count). The average Bonchev–Trinajstić information content (AvgIpc) is 2.65. The van der Waals surface area contributed by atoms with Crippen molar-refractivity contribution in [1.82, 2.24) is 0 Å². The van der Waals surface area contributed by atoms with Crippen LogP contribution in [-0.2, 0) is 12.6 Å². The number of allylic oxidation sites excluding steroid dienone is 1. The van der Waals surface area contributed by atoms with Gasteiger partial charge in [-0.05, 0) is 60.2 Å². The molecule has 0 aliphatic rings. The molecule has 0 atom stereocenters. The quantitative estimate of drug-likeness (QED) is 0.210. The molecular weight excluding hydrogens is 391 g/mol. The van der Waals surface area contributed by atoms with Gasteiger partial charge in [0.25, 0.3) is 0 Å². The summed E-state index contributed by atoms with van der Waals surface area (Å²) in [6.07, 6.45) is -1.80. The van der Waals surface area contributed by atoms with Crippen molar-refractivity contribution >= 4 is 16.7 Å². The number of esters is 1. The van der Waals surface area contributed by atoms with Gasteiger partial charge in [0, 0.05) is 5.39 Å². The predicted molar refractivity (Wildman–Crippen MR) is 98.8 cm³/mol. The van der Waals surface area contributed by atoms with E-state index >= 15 is 0 Å². The molecule has 29 heavy (non-hydrogen) atoms. The lowest BCUT2D eigenvalue weighted by atomic mass is 10.0. The fourth-order valence-corrected chi connectivity index (χ4v) is 2.87. The zero-order valence-corrected chi connectivity index (χ0v) is 15.0. The van der Waals surface area contributed by atoms with Gasteiger partial charge in [0.2, 0.25) is 0 Å². The number of alkyl halides is 3. The van der Waals surface area contributed by atoms with Crippen molar-refractivity contribution in [2.75, 3.05) is 0 Å². The maximum absolute atomic E-state index is 14.1. The van der Waals surface area contributed by atoms with Crippen molar-refractivity contribution in [2.24, 2.45) is 0 Å². The predicted octanol–water partition coefficient (Wildman–Crippen LogP) is 6.47. The number of hydrogen-bond acceptors (Lipinski definition) is 2. The zero-order valence-electron chi connectivity index (χ0n) is 15.0. The van der Waals surface area contributed by atoms with Gasteiger partial charge < -0.3 is 4.74 Å². The summed E-state index contributed by atoms with van der Waals surface area (Å²) in [6, 6.07) is 10.5. The van der Waals surface area contributed by atoms with Gasteiger partial charge in [0.1, 0.15) is 22.9 Å². The standard InChI is InChI=1S/C22H15F5O2/c1-2-3-4-13-5-7-14(8-6-13)21(28)29-16-9-10-17-15(11-16)12-18(23)19(20(17)24)22(25,26)27/h2,5-12H,1,3-4H2. The molecule has 3 aromatic rings. The molecule has 0 radical (unpaired) electrons. The van der Waals surface area contributed by atoms with Crippen LogP contribution in [0.1, 0.15) is 27.9 Å². The lowest BCUT2D eigenvalue weighted by molar-refractivity contribution is -0.142. The van der Waals surface area contributed by atoms with E-state index in [-0.39, 0.29) is 16.7 Å². The summed E-state index contributed by atoms with van der Waals surface area (Å²) in [5.41, 5.74) is -0.679. The molecule has 0 unspecified atom stereocenters. The third kappa shape index (κ3) is 4.45. The van der Waals surface area contributed by atoms with Crippen LogP contribution in [0.2, 0.25) is 0 Å². The van der Waals surface area contributed by atoms with Crippen molar-refractivity contribution in [3.63, 3.8) is 0 Å². The molecule has 150 valence electrons. The van der Waals surface area contributed by atoms with Crippen LogP contribution in [0.3, 0.4) is 0 Å². The highest BCUT2D eigenvalue weighted by molar-refractivity contribution is 5.92. The van der Waals surface area contributed by atoms with Crippen molar-refractivity contribution in [3.05, 3.63) is 89.5 Å². The van der Waals surface area contributed by atoms with Crippen LogP contribution in [-0.4, -0.2) is 5.97 Å². The molecule has 0 N–H and O–H groups in total. The first kappa shape index (κ1) is 20.5. The maximum atomic E-state index is 14.1. The molecule has 0 aliphatic carbocycles. The highest BCUT2D eigenvalue weighted by Crippen LogP contribution is 2.37. The fraction of sp³-hybridized carbons (Fsp3) is 0.136. The number of benzene rings is 3. The largest absolute Gasteiger partial charge is 0.423 e. The topological polar surface area (TPSA) is 26.3 Å². The minimum absolute atomic E-state index is 0.0446. The second kappa shape index (κ2) is 8.03. The minimum atomic E-state index is -5.16. The Bertz CT molecular complexity index is 1070. The number of rotatable bonds is 5. The van der Waals surface area contributed by atoms with Gasteiger partial charge in [-0.3, -0.25) is 0 Å². The van der Waals surface area contributed by atoms with E-state index < -0.39 is 34.7 Å². The van der Waals surface area contributed by atoms with Crippen molar-refractivity contribution in [1.29, 1.82) is 0 Å². The summed E-state index contributed by atoms with van der Waals surface area (Å²) >= 11 is 0. The molecule has 0 spiro atoms. The number of carbonyl (C=O) groups is 1. The number of fused-ring (bicyclic) bond motifs is 1. The van der Waals surface area contributed by atoms with E-state index in [2.05, 4.69) is 6.58 Å². The molecule has 3 aromatic carbocycles. The average molecular weight is 406 g/mol. The summed E-state index contributed by atoms with van der Waals surface area (Å²) in [7, 11) is 0. The molecule has 2 nitrogen and oxygen atoms in total. The van der Waals surface area contributed by atoms with Gasteiger partial charge in [0.15, 0.2) is 0 Å². The number of ether oxygens (including phenoxy) is 1. The smallest absolute Gasteiger partial charge is 0.422 e. The molecule has 0 bridgehead atoms. The van der Waals surface area contributed by atoms with Crippen LogP contribution in [0.5, 0.6) is 5.75 Å². The minimum Gasteiger partial charge on any atom is -0.423 e. The lowest BCUT2D eigenvalue weighted by Gasteiger charge is -2.12. The van der Waals surface area contributed by atoms with Gasteiger partial charge in [0.05, 0.1) is 5.56 Å². The molecule has 0 amide bonds. The Morgan fingerprint density at radius 3 is 2.34 bits per heavy atom. The van der Waals surface area contributed by atoms with E-state index in [4.69, 9.17) is 4.74 Å². The molecule has 0 saturated carbocycles. The van der Waals surface area contributed by atoms with Crippen LogP contribution < -0.4 is 4.74 Å². The van der Waals surface area contributed by atoms with E-state index in [1.54, 1.807) is 30.3 Å². The van der Waals surface area contributed by atoms with Crippen LogP contribution in [0, 0.1) is 11.6 Å². The van der Waals surface area contributed by atoms with Gasteiger partial charge in [-0.25, -0.2) is 13.6 Å². The maximum Gasteiger partial charge on any atom is 0.422 e. The van der Waals surface area contributed by atoms with E-state index in [1.165, 1.54) is 0 Å². The molecule has 0 heterocycles. The number of carbonyl (C=O) groups excluding carboxylic acids is 1. The Morgan fingerprint density at radius 1 is 1.03 bits per heavy atom. The van der Waals surface area contributed by atoms with E-state index in [9.17, 15) is 26.7 Å². The fourth-order valence-electron chi connectivity index (χ4n) is 2.87. The zero-order chi connectivity index (χ0) is 21.2. The first-order valence-electron chi connectivity index (χ1n) is 8.61. The van der Waals surface area contributed by atoms with Gasteiger partial charge >= 0.3 is 12.1 Å². The van der Waals surface area contributed by atoms with Crippen molar-refractivity contribution < 1.29 is 31.5 Å². The van der Waals surface area contributed by atoms with E-state index in [0.717, 1.165) is 36.6 Å². The highest BCUT2D eigenvalue weighted by Gasteiger charge is 2.38. The first-order chi connectivity index (χ1) is 13.7. The third-order valence-electron chi connectivity index (χ3n) is 4.32. The molecule has 7 heteroatoms. The van der Waals surface area contributed by atoms with E-state index in [1.807, 2.05) is 0 Å². The third-order valence-corrected chi connectivity index (χ3v) is 4.32. The number of hydrogen-bond donors (Lipinski definition) is 0. The summed E-state index contributed by atoms with van der Waals surface area (Å²) in [5.74, 6) is -4.19. The molecule has 0 aromatic heterocycles. The lowest BCUT2D eigenvalue weighted by Crippen LogP contribution is -2.12. The summed E-state index contributed by atoms with van der Waals surface area (Å²) in [6.45, 7) is 3.64.